The van der Waals surface area contributed by atoms with Crippen LogP contribution in [0.2, 0.25) is 0 Å². The van der Waals surface area contributed by atoms with E-state index in [0.29, 0.717) is 21.0 Å². The summed E-state index contributed by atoms with van der Waals surface area (Å²) < 4.78 is 24.4. The van der Waals surface area contributed by atoms with Gasteiger partial charge in [0.25, 0.3) is 0 Å². The number of methoxy groups -OCH3 is 1. The van der Waals surface area contributed by atoms with E-state index in [-0.39, 0.29) is 12.4 Å². The topological polar surface area (TPSA) is 44.5 Å². The van der Waals surface area contributed by atoms with Gasteiger partial charge in [0, 0.05) is 11.1 Å². The molecule has 2 N–H and O–H groups in total. The van der Waals surface area contributed by atoms with Crippen LogP contribution in [0.15, 0.2) is 40.9 Å². The monoisotopic (exact) mass is 369 g/mol. The number of nitrogens with two attached hydrogens (primary N) is 1. The van der Waals surface area contributed by atoms with Crippen LogP contribution in [0.4, 0.5) is 4.39 Å². The summed E-state index contributed by atoms with van der Waals surface area (Å²) >= 11 is 8.08. The van der Waals surface area contributed by atoms with Gasteiger partial charge in [0.1, 0.15) is 28.9 Å². The maximum atomic E-state index is 13.2. The minimum atomic E-state index is -0.338. The molecule has 0 amide bonds. The molecule has 2 rings (SSSR count). The Kier molecular flexibility index (Phi) is 5.14. The molecule has 0 aliphatic rings. The zero-order valence-corrected chi connectivity index (χ0v) is 13.6. The molecule has 2 aromatic carbocycles. The van der Waals surface area contributed by atoms with Crippen LogP contribution in [0.25, 0.3) is 0 Å². The van der Waals surface area contributed by atoms with Crippen LogP contribution < -0.4 is 15.2 Å². The molecule has 0 atom stereocenters. The molecule has 0 spiro atoms. The molecular formula is C15H13BrFNO2S. The van der Waals surface area contributed by atoms with Crippen molar-refractivity contribution in [2.45, 2.75) is 6.61 Å². The van der Waals surface area contributed by atoms with Crippen molar-refractivity contribution in [2.75, 3.05) is 7.11 Å². The summed E-state index contributed by atoms with van der Waals surface area (Å²) in [5, 5.41) is 0. The van der Waals surface area contributed by atoms with Gasteiger partial charge in [-0.25, -0.2) is 4.39 Å². The van der Waals surface area contributed by atoms with Gasteiger partial charge >= 0.3 is 0 Å². The second kappa shape index (κ2) is 6.87. The fourth-order valence-electron chi connectivity index (χ4n) is 1.77. The van der Waals surface area contributed by atoms with Gasteiger partial charge < -0.3 is 15.2 Å². The van der Waals surface area contributed by atoms with Crippen molar-refractivity contribution < 1.29 is 13.9 Å². The first-order chi connectivity index (χ1) is 10.0. The summed E-state index contributed by atoms with van der Waals surface area (Å²) in [7, 11) is 1.58. The van der Waals surface area contributed by atoms with Gasteiger partial charge in [0.05, 0.1) is 11.6 Å². The average Bonchev–Trinajstić information content (AvgIpc) is 2.48. The van der Waals surface area contributed by atoms with Crippen LogP contribution in [-0.2, 0) is 6.61 Å². The zero-order chi connectivity index (χ0) is 15.4. The number of halogens is 2. The maximum Gasteiger partial charge on any atom is 0.137 e. The quantitative estimate of drug-likeness (QED) is 0.813. The third-order valence-corrected chi connectivity index (χ3v) is 3.69. The van der Waals surface area contributed by atoms with E-state index in [2.05, 4.69) is 15.9 Å². The van der Waals surface area contributed by atoms with E-state index in [4.69, 9.17) is 27.4 Å². The molecule has 6 heteroatoms. The maximum absolute atomic E-state index is 13.2. The fourth-order valence-corrected chi connectivity index (χ4v) is 2.26. The molecule has 110 valence electrons. The normalized spacial score (nSPS) is 10.2. The lowest BCUT2D eigenvalue weighted by molar-refractivity contribution is 0.296. The van der Waals surface area contributed by atoms with E-state index < -0.39 is 0 Å². The summed E-state index contributed by atoms with van der Waals surface area (Å²) in [5.41, 5.74) is 7.17. The van der Waals surface area contributed by atoms with Gasteiger partial charge in [-0.1, -0.05) is 12.2 Å². The zero-order valence-electron chi connectivity index (χ0n) is 11.2. The van der Waals surface area contributed by atoms with E-state index in [1.807, 2.05) is 6.07 Å². The van der Waals surface area contributed by atoms with Gasteiger partial charge in [-0.3, -0.25) is 0 Å². The lowest BCUT2D eigenvalue weighted by Crippen LogP contribution is -2.10. The molecule has 3 nitrogen and oxygen atoms in total. The SMILES string of the molecule is COc1ccc(C(N)=S)cc1COc1ccc(F)c(Br)c1. The van der Waals surface area contributed by atoms with E-state index in [1.54, 1.807) is 31.4 Å². The molecule has 0 aliphatic heterocycles. The lowest BCUT2D eigenvalue weighted by atomic mass is 10.1. The fraction of sp³-hybridized carbons (Fsp3) is 0.133. The van der Waals surface area contributed by atoms with E-state index in [9.17, 15) is 4.39 Å². The standard InChI is InChI=1S/C15H13BrFNO2S/c1-19-14-5-2-9(15(18)21)6-10(14)8-20-11-3-4-13(17)12(16)7-11/h2-7H,8H2,1H3,(H2,18,21). The minimum absolute atomic E-state index is 0.262. The Bertz CT molecular complexity index is 679. The molecule has 0 heterocycles. The van der Waals surface area contributed by atoms with Crippen molar-refractivity contribution in [1.82, 2.24) is 0 Å². The summed E-state index contributed by atoms with van der Waals surface area (Å²) in [4.78, 5) is 0.309. The van der Waals surface area contributed by atoms with Crippen molar-refractivity contribution in [1.29, 1.82) is 0 Å². The van der Waals surface area contributed by atoms with Gasteiger partial charge in [-0.15, -0.1) is 0 Å². The Hall–Kier alpha value is -1.66. The van der Waals surface area contributed by atoms with Crippen LogP contribution >= 0.6 is 28.1 Å². The predicted molar refractivity (Wildman–Crippen MR) is 87.3 cm³/mol. The Morgan fingerprint density at radius 1 is 1.29 bits per heavy atom. The van der Waals surface area contributed by atoms with Crippen molar-refractivity contribution in [3.8, 4) is 11.5 Å². The van der Waals surface area contributed by atoms with Crippen LogP contribution in [0, 0.1) is 5.82 Å². The molecule has 0 bridgehead atoms. The highest BCUT2D eigenvalue weighted by molar-refractivity contribution is 9.10. The summed E-state index contributed by atoms with van der Waals surface area (Å²) in [5.74, 6) is 0.887. The number of thiocarbonyl (C=S) groups is 1. The van der Waals surface area contributed by atoms with Gasteiger partial charge in [-0.05, 0) is 52.3 Å². The highest BCUT2D eigenvalue weighted by atomic mass is 79.9. The Labute approximate surface area is 136 Å². The first-order valence-electron chi connectivity index (χ1n) is 6.06. The molecule has 2 aromatic rings. The van der Waals surface area contributed by atoms with Crippen molar-refractivity contribution in [3.63, 3.8) is 0 Å². The van der Waals surface area contributed by atoms with Crippen LogP contribution in [0.3, 0.4) is 0 Å². The average molecular weight is 370 g/mol. The number of rotatable bonds is 5. The molecule has 0 unspecified atom stereocenters. The molecule has 21 heavy (non-hydrogen) atoms. The van der Waals surface area contributed by atoms with Gasteiger partial charge in [-0.2, -0.15) is 0 Å². The van der Waals surface area contributed by atoms with Crippen molar-refractivity contribution in [3.05, 3.63) is 57.8 Å². The smallest absolute Gasteiger partial charge is 0.137 e. The first-order valence-corrected chi connectivity index (χ1v) is 7.26. The molecule has 0 saturated carbocycles. The summed E-state index contributed by atoms with van der Waals surface area (Å²) in [6.45, 7) is 0.262. The number of hydrogen-bond acceptors (Lipinski definition) is 3. The van der Waals surface area contributed by atoms with E-state index >= 15 is 0 Å². The molecule has 0 aliphatic carbocycles. The summed E-state index contributed by atoms with van der Waals surface area (Å²) in [6, 6.07) is 9.86. The van der Waals surface area contributed by atoms with Crippen molar-refractivity contribution in [2.24, 2.45) is 5.73 Å². The summed E-state index contributed by atoms with van der Waals surface area (Å²) in [6.07, 6.45) is 0. The number of ether oxygens (including phenoxy) is 2. The van der Waals surface area contributed by atoms with E-state index in [0.717, 1.165) is 11.1 Å². The van der Waals surface area contributed by atoms with Gasteiger partial charge in [0.2, 0.25) is 0 Å². The molecular weight excluding hydrogens is 357 g/mol. The molecule has 0 radical (unpaired) electrons. The Morgan fingerprint density at radius 2 is 2.05 bits per heavy atom. The number of benzene rings is 2. The molecule has 0 aromatic heterocycles. The van der Waals surface area contributed by atoms with Crippen LogP contribution in [0.1, 0.15) is 11.1 Å². The Balaban J connectivity index is 2.19. The first kappa shape index (κ1) is 15.7. The second-order valence-electron chi connectivity index (χ2n) is 4.26. The largest absolute Gasteiger partial charge is 0.496 e. The minimum Gasteiger partial charge on any atom is -0.496 e. The number of hydrogen-bond donors (Lipinski definition) is 1. The lowest BCUT2D eigenvalue weighted by Gasteiger charge is -2.12. The highest BCUT2D eigenvalue weighted by Gasteiger charge is 2.08. The third-order valence-electron chi connectivity index (χ3n) is 2.85. The molecule has 0 saturated heterocycles. The predicted octanol–water partition coefficient (Wildman–Crippen LogP) is 3.81. The highest BCUT2D eigenvalue weighted by Crippen LogP contribution is 2.25. The van der Waals surface area contributed by atoms with Crippen LogP contribution in [-0.4, -0.2) is 12.1 Å². The van der Waals surface area contributed by atoms with Crippen LogP contribution in [0.5, 0.6) is 11.5 Å². The Morgan fingerprint density at radius 3 is 2.67 bits per heavy atom. The van der Waals surface area contributed by atoms with E-state index in [1.165, 1.54) is 6.07 Å². The third kappa shape index (κ3) is 3.92. The second-order valence-corrected chi connectivity index (χ2v) is 5.55. The van der Waals surface area contributed by atoms with Crippen molar-refractivity contribution >= 4 is 33.1 Å². The molecule has 0 fully saturated rings. The van der Waals surface area contributed by atoms with Gasteiger partial charge in [0.15, 0.2) is 0 Å².